The van der Waals surface area contributed by atoms with Crippen LogP contribution in [0.3, 0.4) is 0 Å². The first kappa shape index (κ1) is 31.2. The molecule has 238 valence electrons. The molecule has 0 radical (unpaired) electrons. The van der Waals surface area contributed by atoms with Crippen molar-refractivity contribution in [3.05, 3.63) is 77.1 Å². The number of amides is 2. The molecule has 5 aromatic rings. The number of hydrogen-bond acceptors (Lipinski definition) is 9. The first-order valence-corrected chi connectivity index (χ1v) is 14.4. The fourth-order valence-electron chi connectivity index (χ4n) is 5.05. The van der Waals surface area contributed by atoms with Gasteiger partial charge in [-0.05, 0) is 50.1 Å². The van der Waals surface area contributed by atoms with Gasteiger partial charge in [-0.3, -0.25) is 31.0 Å². The van der Waals surface area contributed by atoms with Crippen LogP contribution in [-0.2, 0) is 12.8 Å². The lowest BCUT2D eigenvalue weighted by Crippen LogP contribution is -2.36. The number of carbonyl (C=O) groups excluding carboxylic acids is 2. The van der Waals surface area contributed by atoms with Gasteiger partial charge < -0.3 is 25.9 Å². The highest BCUT2D eigenvalue weighted by Crippen LogP contribution is 2.32. The lowest BCUT2D eigenvalue weighted by molar-refractivity contribution is 0.0967. The van der Waals surface area contributed by atoms with Crippen LogP contribution in [0.2, 0.25) is 0 Å². The molecule has 46 heavy (non-hydrogen) atoms. The molecular formula is C30H34N12O4. The number of carbonyl (C=O) groups is 2. The summed E-state index contributed by atoms with van der Waals surface area (Å²) in [6.45, 7) is 6.80. The van der Waals surface area contributed by atoms with Gasteiger partial charge in [-0.2, -0.15) is 10.2 Å². The summed E-state index contributed by atoms with van der Waals surface area (Å²) < 4.78 is 14.5. The van der Waals surface area contributed by atoms with E-state index in [-0.39, 0.29) is 0 Å². The van der Waals surface area contributed by atoms with Crippen LogP contribution in [0.1, 0.15) is 51.8 Å². The first-order chi connectivity index (χ1) is 22.1. The Morgan fingerprint density at radius 2 is 1.37 bits per heavy atom. The van der Waals surface area contributed by atoms with E-state index in [1.54, 1.807) is 9.36 Å². The fourth-order valence-corrected chi connectivity index (χ4v) is 5.05. The highest BCUT2D eigenvalue weighted by Gasteiger charge is 2.20. The number of aromatic nitrogens is 6. The van der Waals surface area contributed by atoms with Crippen LogP contribution in [0.5, 0.6) is 11.5 Å². The minimum atomic E-state index is -0.446. The van der Waals surface area contributed by atoms with Gasteiger partial charge in [0.25, 0.3) is 11.8 Å². The number of imidazole rings is 1. The fraction of sp³-hybridized carbons (Fsp3) is 0.233. The van der Waals surface area contributed by atoms with E-state index in [1.807, 2.05) is 57.2 Å². The van der Waals surface area contributed by atoms with Gasteiger partial charge in [-0.1, -0.05) is 13.8 Å². The number of ether oxygens (including phenoxy) is 2. The van der Waals surface area contributed by atoms with Crippen molar-refractivity contribution in [2.45, 2.75) is 33.6 Å². The number of H-pyrrole nitrogens is 1. The van der Waals surface area contributed by atoms with Crippen LogP contribution in [0, 0.1) is 17.7 Å². The molecule has 16 heteroatoms. The third-order valence-corrected chi connectivity index (χ3v) is 6.99. The highest BCUT2D eigenvalue weighted by atomic mass is 16.6. The third-order valence-electron chi connectivity index (χ3n) is 6.99. The Labute approximate surface area is 263 Å². The molecule has 6 rings (SSSR count). The molecule has 1 aliphatic heterocycles. The lowest BCUT2D eigenvalue weighted by atomic mass is 10.2. The quantitative estimate of drug-likeness (QED) is 0.108. The van der Waals surface area contributed by atoms with Crippen molar-refractivity contribution in [1.29, 1.82) is 10.8 Å². The number of nitrogens with two attached hydrogens (primary N) is 2. The molecule has 0 fully saturated rings. The largest absolute Gasteiger partial charge is 0.486 e. The average Bonchev–Trinajstić information content (AvgIpc) is 3.75. The zero-order chi connectivity index (χ0) is 33.0. The standard InChI is InChI=1S/C15H17N7O.C15H17N5O3/c1-3-13-10(14(23)21-15(16)17)7-18-22(13)9-4-5-11-12(6-9)20-8(2)19-11;1-2-11-10(14(21)19-15(16)17)8-18-20(11)9-3-4-12-13(7-9)23-6-5-22-12/h4-7H,3H2,1-2H3,(H,19,20)(H4,16,17,21,23);3-4,7-8H,2,5-6H2,1H3,(H4,16,17,19,21). The molecular weight excluding hydrogens is 592 g/mol. The van der Waals surface area contributed by atoms with Gasteiger partial charge in [0.15, 0.2) is 23.4 Å². The van der Waals surface area contributed by atoms with Crippen LogP contribution in [0.15, 0.2) is 48.8 Å². The van der Waals surface area contributed by atoms with Crippen LogP contribution in [0.25, 0.3) is 22.4 Å². The van der Waals surface area contributed by atoms with E-state index in [4.69, 9.17) is 31.8 Å². The third kappa shape index (κ3) is 6.50. The van der Waals surface area contributed by atoms with E-state index in [0.717, 1.165) is 39.6 Å². The predicted molar refractivity (Wildman–Crippen MR) is 170 cm³/mol. The van der Waals surface area contributed by atoms with Crippen LogP contribution < -0.4 is 31.6 Å². The van der Waals surface area contributed by atoms with E-state index < -0.39 is 23.7 Å². The van der Waals surface area contributed by atoms with Crippen molar-refractivity contribution in [3.8, 4) is 22.9 Å². The van der Waals surface area contributed by atoms with Gasteiger partial charge in [-0.25, -0.2) is 14.3 Å². The van der Waals surface area contributed by atoms with Gasteiger partial charge in [-0.15, -0.1) is 0 Å². The maximum atomic E-state index is 12.1. The Morgan fingerprint density at radius 3 is 1.91 bits per heavy atom. The van der Waals surface area contributed by atoms with E-state index in [0.29, 0.717) is 48.7 Å². The number of fused-ring (bicyclic) bond motifs is 2. The summed E-state index contributed by atoms with van der Waals surface area (Å²) in [6, 6.07) is 11.3. The Balaban J connectivity index is 0.000000181. The van der Waals surface area contributed by atoms with Gasteiger partial charge in [0, 0.05) is 6.07 Å². The van der Waals surface area contributed by atoms with Crippen LogP contribution in [0.4, 0.5) is 0 Å². The number of nitrogens with zero attached hydrogens (tertiary/aromatic N) is 5. The second kappa shape index (κ2) is 13.2. The minimum absolute atomic E-state index is 0.387. The molecule has 4 heterocycles. The Morgan fingerprint density at radius 1 is 0.848 bits per heavy atom. The second-order valence-corrected chi connectivity index (χ2v) is 10.1. The van der Waals surface area contributed by atoms with Crippen molar-refractivity contribution < 1.29 is 19.1 Å². The smallest absolute Gasteiger partial charge is 0.261 e. The van der Waals surface area contributed by atoms with E-state index in [9.17, 15) is 9.59 Å². The summed E-state index contributed by atoms with van der Waals surface area (Å²) in [5.41, 5.74) is 16.1. The Bertz CT molecular complexity index is 1950. The van der Waals surface area contributed by atoms with Crippen LogP contribution in [-0.4, -0.2) is 66.5 Å². The van der Waals surface area contributed by atoms with Crippen molar-refractivity contribution in [2.75, 3.05) is 13.2 Å². The average molecular weight is 627 g/mol. The van der Waals surface area contributed by atoms with Crippen molar-refractivity contribution in [3.63, 3.8) is 0 Å². The van der Waals surface area contributed by atoms with Crippen molar-refractivity contribution in [2.24, 2.45) is 11.5 Å². The number of nitrogens with one attached hydrogen (secondary N) is 5. The van der Waals surface area contributed by atoms with Crippen molar-refractivity contribution >= 4 is 34.8 Å². The SMILES string of the molecule is CCc1c(C(=O)NC(=N)N)cnn1-c1ccc2[nH]c(C)nc2c1.CCc1c(C(=O)NC(=N)N)cnn1-c1ccc2c(c1)OCCO2. The van der Waals surface area contributed by atoms with Gasteiger partial charge in [0.05, 0.1) is 57.3 Å². The maximum absolute atomic E-state index is 12.1. The topological polar surface area (TPSA) is 241 Å². The summed E-state index contributed by atoms with van der Waals surface area (Å²) in [7, 11) is 0. The van der Waals surface area contributed by atoms with Gasteiger partial charge in [0.2, 0.25) is 0 Å². The zero-order valence-electron chi connectivity index (χ0n) is 25.5. The predicted octanol–water partition coefficient (Wildman–Crippen LogP) is 2.07. The molecule has 2 aromatic carbocycles. The summed E-state index contributed by atoms with van der Waals surface area (Å²) in [6.07, 6.45) is 4.15. The second-order valence-electron chi connectivity index (χ2n) is 10.1. The van der Waals surface area contributed by atoms with Gasteiger partial charge >= 0.3 is 0 Å². The summed E-state index contributed by atoms with van der Waals surface area (Å²) in [5, 5.41) is 27.5. The minimum Gasteiger partial charge on any atom is -0.486 e. The highest BCUT2D eigenvalue weighted by molar-refractivity contribution is 6.05. The molecule has 2 amide bonds. The molecule has 0 spiro atoms. The molecule has 9 N–H and O–H groups in total. The molecule has 0 bridgehead atoms. The summed E-state index contributed by atoms with van der Waals surface area (Å²) >= 11 is 0. The number of hydrogen-bond donors (Lipinski definition) is 7. The molecule has 0 saturated carbocycles. The number of benzene rings is 2. The molecule has 3 aromatic heterocycles. The Hall–Kier alpha value is -6.19. The monoisotopic (exact) mass is 626 g/mol. The molecule has 0 saturated heterocycles. The molecule has 0 atom stereocenters. The van der Waals surface area contributed by atoms with Gasteiger partial charge in [0.1, 0.15) is 19.0 Å². The molecule has 0 unspecified atom stereocenters. The normalized spacial score (nSPS) is 11.8. The van der Waals surface area contributed by atoms with Crippen molar-refractivity contribution in [1.82, 2.24) is 40.2 Å². The molecule has 16 nitrogen and oxygen atoms in total. The molecule has 1 aliphatic rings. The van der Waals surface area contributed by atoms with E-state index in [1.165, 1.54) is 12.4 Å². The lowest BCUT2D eigenvalue weighted by Gasteiger charge is -2.19. The Kier molecular flexibility index (Phi) is 8.97. The zero-order valence-corrected chi connectivity index (χ0v) is 25.5. The first-order valence-electron chi connectivity index (χ1n) is 14.4. The van der Waals surface area contributed by atoms with Crippen LogP contribution >= 0.6 is 0 Å². The summed E-state index contributed by atoms with van der Waals surface area (Å²) in [5.74, 6) is 0.522. The number of guanidine groups is 2. The number of rotatable bonds is 6. The van der Waals surface area contributed by atoms with E-state index >= 15 is 0 Å². The number of aryl methyl sites for hydroxylation is 1. The van der Waals surface area contributed by atoms with E-state index in [2.05, 4.69) is 30.8 Å². The maximum Gasteiger partial charge on any atom is 0.261 e. The molecule has 0 aliphatic carbocycles. The number of aromatic amines is 1. The summed E-state index contributed by atoms with van der Waals surface area (Å²) in [4.78, 5) is 31.8.